The maximum Gasteiger partial charge on any atom is 0.341 e. The van der Waals surface area contributed by atoms with Gasteiger partial charge in [-0.1, -0.05) is 0 Å². The zero-order chi connectivity index (χ0) is 11.1. The van der Waals surface area contributed by atoms with Crippen molar-refractivity contribution in [2.45, 2.75) is 36.9 Å². The Balaban J connectivity index is 2.27. The summed E-state index contributed by atoms with van der Waals surface area (Å²) in [5, 5.41) is 0. The van der Waals surface area contributed by atoms with Crippen LogP contribution >= 0.6 is 0 Å². The Labute approximate surface area is 87.7 Å². The van der Waals surface area contributed by atoms with E-state index in [0.717, 1.165) is 12.8 Å². The predicted octanol–water partition coefficient (Wildman–Crippen LogP) is 0.414. The monoisotopic (exact) mass is 214 g/mol. The summed E-state index contributed by atoms with van der Waals surface area (Å²) in [5.74, 6) is -0.930. The predicted molar refractivity (Wildman–Crippen MR) is 49.0 cm³/mol. The molecular formula is C10H14O5. The first-order valence-corrected chi connectivity index (χ1v) is 5.00. The van der Waals surface area contributed by atoms with Crippen LogP contribution in [-0.4, -0.2) is 37.4 Å². The largest absolute Gasteiger partial charge is 0.467 e. The van der Waals surface area contributed by atoms with Gasteiger partial charge in [-0.15, -0.1) is 0 Å². The van der Waals surface area contributed by atoms with E-state index < -0.39 is 23.1 Å². The van der Waals surface area contributed by atoms with Crippen LogP contribution in [-0.2, 0) is 23.8 Å². The van der Waals surface area contributed by atoms with E-state index in [2.05, 4.69) is 9.47 Å². The highest BCUT2D eigenvalue weighted by Crippen LogP contribution is 2.58. The van der Waals surface area contributed by atoms with E-state index in [9.17, 15) is 9.59 Å². The van der Waals surface area contributed by atoms with E-state index in [0.29, 0.717) is 12.8 Å². The van der Waals surface area contributed by atoms with E-state index in [1.54, 1.807) is 0 Å². The molecule has 0 bridgehead atoms. The molecule has 1 saturated carbocycles. The van der Waals surface area contributed by atoms with Crippen LogP contribution in [0.3, 0.4) is 0 Å². The first-order valence-electron chi connectivity index (χ1n) is 5.00. The highest BCUT2D eigenvalue weighted by atomic mass is 16.7. The highest BCUT2D eigenvalue weighted by molar-refractivity contribution is 5.98. The molecule has 2 aliphatic rings. The van der Waals surface area contributed by atoms with Gasteiger partial charge in [-0.25, -0.2) is 9.59 Å². The molecule has 2 atom stereocenters. The minimum atomic E-state index is -1.06. The number of carbonyl (C=O) groups is 2. The summed E-state index contributed by atoms with van der Waals surface area (Å²) in [6, 6.07) is 0. The van der Waals surface area contributed by atoms with Crippen molar-refractivity contribution in [1.29, 1.82) is 0 Å². The summed E-state index contributed by atoms with van der Waals surface area (Å²) in [5.41, 5.74) is -2.12. The van der Waals surface area contributed by atoms with Crippen LogP contribution in [0.15, 0.2) is 0 Å². The fourth-order valence-electron chi connectivity index (χ4n) is 2.47. The second-order valence-electron chi connectivity index (χ2n) is 3.95. The van der Waals surface area contributed by atoms with Gasteiger partial charge in [0.05, 0.1) is 14.2 Å². The van der Waals surface area contributed by atoms with Crippen molar-refractivity contribution < 1.29 is 23.8 Å². The summed E-state index contributed by atoms with van der Waals surface area (Å²) in [7, 11) is 2.60. The number of methoxy groups -OCH3 is 2. The van der Waals surface area contributed by atoms with Gasteiger partial charge in [0.1, 0.15) is 0 Å². The smallest absolute Gasteiger partial charge is 0.341 e. The van der Waals surface area contributed by atoms with E-state index in [4.69, 9.17) is 4.74 Å². The first kappa shape index (κ1) is 10.4. The Kier molecular flexibility index (Phi) is 2.22. The second kappa shape index (κ2) is 3.20. The molecule has 1 saturated heterocycles. The summed E-state index contributed by atoms with van der Waals surface area (Å²) in [4.78, 5) is 23.2. The number of carbonyl (C=O) groups excluding carboxylic acids is 2. The summed E-state index contributed by atoms with van der Waals surface area (Å²) in [6.45, 7) is 0. The number of rotatable bonds is 2. The molecule has 2 unspecified atom stereocenters. The minimum absolute atomic E-state index is 0.465. The number of hydrogen-bond acceptors (Lipinski definition) is 5. The van der Waals surface area contributed by atoms with Crippen LogP contribution in [0.1, 0.15) is 25.7 Å². The van der Waals surface area contributed by atoms with Gasteiger partial charge in [0.25, 0.3) is 0 Å². The number of fused-ring (bicyclic) bond motifs is 1. The number of epoxide rings is 1. The maximum atomic E-state index is 11.6. The fraction of sp³-hybridized carbons (Fsp3) is 0.800. The van der Waals surface area contributed by atoms with Crippen molar-refractivity contribution in [2.24, 2.45) is 0 Å². The lowest BCUT2D eigenvalue weighted by Crippen LogP contribution is -2.43. The third-order valence-electron chi connectivity index (χ3n) is 3.30. The van der Waals surface area contributed by atoms with Crippen LogP contribution in [0.25, 0.3) is 0 Å². The topological polar surface area (TPSA) is 65.1 Å². The molecule has 0 spiro atoms. The molecule has 0 amide bonds. The molecule has 0 aromatic carbocycles. The van der Waals surface area contributed by atoms with Gasteiger partial charge in [-0.05, 0) is 25.7 Å². The normalized spacial score (nSPS) is 37.7. The SMILES string of the molecule is COC(=O)C12CCCCC1(C(=O)OC)O2. The Bertz CT molecular complexity index is 283. The third kappa shape index (κ3) is 1.13. The molecular weight excluding hydrogens is 200 g/mol. The van der Waals surface area contributed by atoms with Crippen molar-refractivity contribution >= 4 is 11.9 Å². The van der Waals surface area contributed by atoms with Crippen molar-refractivity contribution in [2.75, 3.05) is 14.2 Å². The number of esters is 2. The van der Waals surface area contributed by atoms with Crippen molar-refractivity contribution in [3.05, 3.63) is 0 Å². The number of hydrogen-bond donors (Lipinski definition) is 0. The van der Waals surface area contributed by atoms with Gasteiger partial charge in [-0.3, -0.25) is 0 Å². The van der Waals surface area contributed by atoms with Gasteiger partial charge in [0.2, 0.25) is 11.2 Å². The molecule has 2 rings (SSSR count). The van der Waals surface area contributed by atoms with Crippen LogP contribution in [0.2, 0.25) is 0 Å². The molecule has 5 nitrogen and oxygen atoms in total. The Morgan fingerprint density at radius 2 is 1.40 bits per heavy atom. The summed E-state index contributed by atoms with van der Waals surface area (Å²) >= 11 is 0. The molecule has 2 fully saturated rings. The van der Waals surface area contributed by atoms with Crippen molar-refractivity contribution in [3.63, 3.8) is 0 Å². The lowest BCUT2D eigenvalue weighted by atomic mass is 9.79. The molecule has 0 aromatic rings. The van der Waals surface area contributed by atoms with Crippen LogP contribution < -0.4 is 0 Å². The summed E-state index contributed by atoms with van der Waals surface area (Å²) in [6.07, 6.45) is 2.81. The lowest BCUT2D eigenvalue weighted by Gasteiger charge is -2.20. The molecule has 15 heavy (non-hydrogen) atoms. The van der Waals surface area contributed by atoms with Crippen molar-refractivity contribution in [3.8, 4) is 0 Å². The van der Waals surface area contributed by atoms with Gasteiger partial charge in [0, 0.05) is 0 Å². The zero-order valence-electron chi connectivity index (χ0n) is 8.87. The van der Waals surface area contributed by atoms with E-state index >= 15 is 0 Å². The quantitative estimate of drug-likeness (QED) is 0.492. The molecule has 0 radical (unpaired) electrons. The average Bonchev–Trinajstić information content (AvgIpc) is 2.98. The molecule has 1 aliphatic heterocycles. The van der Waals surface area contributed by atoms with Crippen LogP contribution in [0.4, 0.5) is 0 Å². The Morgan fingerprint density at radius 1 is 1.00 bits per heavy atom. The molecule has 1 heterocycles. The van der Waals surface area contributed by atoms with Gasteiger partial charge < -0.3 is 14.2 Å². The fourth-order valence-corrected chi connectivity index (χ4v) is 2.47. The van der Waals surface area contributed by atoms with Gasteiger partial charge >= 0.3 is 11.9 Å². The summed E-state index contributed by atoms with van der Waals surface area (Å²) < 4.78 is 14.8. The first-order chi connectivity index (χ1) is 7.13. The molecule has 5 heteroatoms. The molecule has 1 aliphatic carbocycles. The minimum Gasteiger partial charge on any atom is -0.467 e. The Morgan fingerprint density at radius 3 is 1.73 bits per heavy atom. The molecule has 0 N–H and O–H groups in total. The third-order valence-corrected chi connectivity index (χ3v) is 3.30. The van der Waals surface area contributed by atoms with Gasteiger partial charge in [0.15, 0.2) is 0 Å². The lowest BCUT2D eigenvalue weighted by molar-refractivity contribution is -0.151. The highest BCUT2D eigenvalue weighted by Gasteiger charge is 2.80. The standard InChI is InChI=1S/C10H14O5/c1-13-7(11)9-5-3-4-6-10(9,15-9)8(12)14-2/h3-6H2,1-2H3. The average molecular weight is 214 g/mol. The van der Waals surface area contributed by atoms with E-state index in [1.165, 1.54) is 14.2 Å². The zero-order valence-corrected chi connectivity index (χ0v) is 8.87. The van der Waals surface area contributed by atoms with E-state index in [1.807, 2.05) is 0 Å². The van der Waals surface area contributed by atoms with Gasteiger partial charge in [-0.2, -0.15) is 0 Å². The maximum absolute atomic E-state index is 11.6. The second-order valence-corrected chi connectivity index (χ2v) is 3.95. The van der Waals surface area contributed by atoms with Crippen LogP contribution in [0.5, 0.6) is 0 Å². The van der Waals surface area contributed by atoms with E-state index in [-0.39, 0.29) is 0 Å². The molecule has 84 valence electrons. The van der Waals surface area contributed by atoms with Crippen LogP contribution in [0, 0.1) is 0 Å². The van der Waals surface area contributed by atoms with Crippen molar-refractivity contribution in [1.82, 2.24) is 0 Å². The Hall–Kier alpha value is -1.10. The number of ether oxygens (including phenoxy) is 3. The molecule has 0 aromatic heterocycles.